The molecule has 28 heavy (non-hydrogen) atoms. The summed E-state index contributed by atoms with van der Waals surface area (Å²) in [4.78, 5) is 23.8. The van der Waals surface area contributed by atoms with Crippen molar-refractivity contribution in [2.45, 2.75) is 18.9 Å². The van der Waals surface area contributed by atoms with Crippen molar-refractivity contribution in [3.05, 3.63) is 57.0 Å². The number of halogens is 7. The minimum absolute atomic E-state index is 0.288. The second kappa shape index (κ2) is 7.74. The molecule has 1 aromatic carbocycles. The van der Waals surface area contributed by atoms with Gasteiger partial charge in [-0.3, -0.25) is 9.59 Å². The fourth-order valence-corrected chi connectivity index (χ4v) is 2.46. The minimum Gasteiger partial charge on any atom is -0.496 e. The highest BCUT2D eigenvalue weighted by Gasteiger charge is 2.35. The van der Waals surface area contributed by atoms with Crippen molar-refractivity contribution in [3.8, 4) is 5.75 Å². The van der Waals surface area contributed by atoms with Gasteiger partial charge in [-0.25, -0.2) is 0 Å². The minimum atomic E-state index is -4.81. The van der Waals surface area contributed by atoms with Crippen molar-refractivity contribution in [2.75, 3.05) is 12.4 Å². The van der Waals surface area contributed by atoms with Gasteiger partial charge in [-0.15, -0.1) is 0 Å². The van der Waals surface area contributed by atoms with Crippen molar-refractivity contribution >= 4 is 23.2 Å². The second-order valence-corrected chi connectivity index (χ2v) is 5.88. The number of hydrogen-bond donors (Lipinski definition) is 1. The first-order chi connectivity index (χ1) is 12.8. The van der Waals surface area contributed by atoms with Crippen LogP contribution in [0.5, 0.6) is 5.75 Å². The van der Waals surface area contributed by atoms with Gasteiger partial charge in [0.05, 0.1) is 18.2 Å². The van der Waals surface area contributed by atoms with Crippen LogP contribution in [0.15, 0.2) is 35.3 Å². The van der Waals surface area contributed by atoms with Gasteiger partial charge in [-0.1, -0.05) is 11.6 Å². The van der Waals surface area contributed by atoms with Crippen molar-refractivity contribution in [1.82, 2.24) is 4.57 Å². The van der Waals surface area contributed by atoms with E-state index in [2.05, 4.69) is 10.1 Å². The first-order valence-corrected chi connectivity index (χ1v) is 7.73. The Morgan fingerprint density at radius 1 is 1.14 bits per heavy atom. The number of hydrogen-bond acceptors (Lipinski definition) is 3. The van der Waals surface area contributed by atoms with Crippen LogP contribution in [0.4, 0.5) is 32.0 Å². The van der Waals surface area contributed by atoms with E-state index in [1.165, 1.54) is 0 Å². The molecule has 0 aliphatic carbocycles. The van der Waals surface area contributed by atoms with Gasteiger partial charge in [0.1, 0.15) is 17.3 Å². The molecule has 0 saturated carbocycles. The van der Waals surface area contributed by atoms with Crippen LogP contribution in [0.1, 0.15) is 11.1 Å². The highest BCUT2D eigenvalue weighted by Crippen LogP contribution is 2.37. The summed E-state index contributed by atoms with van der Waals surface area (Å²) in [5.41, 5.74) is -3.76. The van der Waals surface area contributed by atoms with Crippen LogP contribution in [0.3, 0.4) is 0 Å². The number of ether oxygens (including phenoxy) is 1. The molecule has 0 aliphatic rings. The number of pyridine rings is 1. The summed E-state index contributed by atoms with van der Waals surface area (Å²) in [6.07, 6.45) is -9.19. The van der Waals surface area contributed by atoms with Crippen LogP contribution in [0, 0.1) is 0 Å². The number of nitrogens with zero attached hydrogens (tertiary/aromatic N) is 1. The Hall–Kier alpha value is -2.69. The lowest BCUT2D eigenvalue weighted by atomic mass is 10.1. The van der Waals surface area contributed by atoms with E-state index < -0.39 is 52.3 Å². The van der Waals surface area contributed by atoms with Crippen molar-refractivity contribution in [2.24, 2.45) is 0 Å². The fraction of sp³-hybridized carbons (Fsp3) is 0.250. The number of methoxy groups -OCH3 is 1. The van der Waals surface area contributed by atoms with Gasteiger partial charge in [0.15, 0.2) is 0 Å². The summed E-state index contributed by atoms with van der Waals surface area (Å²) in [5, 5.41) is 1.32. The lowest BCUT2D eigenvalue weighted by molar-refractivity contribution is -0.139. The summed E-state index contributed by atoms with van der Waals surface area (Å²) in [6, 6.07) is 3.08. The molecule has 152 valence electrons. The van der Waals surface area contributed by atoms with Gasteiger partial charge in [0.2, 0.25) is 5.91 Å². The zero-order valence-electron chi connectivity index (χ0n) is 13.9. The topological polar surface area (TPSA) is 60.3 Å². The predicted octanol–water partition coefficient (Wildman–Crippen LogP) is 4.19. The highest BCUT2D eigenvalue weighted by atomic mass is 35.5. The molecule has 1 heterocycles. The van der Waals surface area contributed by atoms with Crippen LogP contribution in [0.2, 0.25) is 5.02 Å². The normalized spacial score (nSPS) is 12.0. The number of benzene rings is 1. The summed E-state index contributed by atoms with van der Waals surface area (Å²) in [5.74, 6) is -1.51. The molecule has 2 aromatic rings. The van der Waals surface area contributed by atoms with E-state index in [0.29, 0.717) is 22.9 Å². The number of alkyl halides is 6. The average Bonchev–Trinajstić information content (AvgIpc) is 2.57. The molecule has 0 saturated heterocycles. The van der Waals surface area contributed by atoms with Crippen LogP contribution in [-0.2, 0) is 23.7 Å². The van der Waals surface area contributed by atoms with E-state index in [0.717, 1.165) is 19.2 Å². The second-order valence-electron chi connectivity index (χ2n) is 5.47. The molecular formula is C16H11ClF6N2O3. The van der Waals surface area contributed by atoms with Crippen molar-refractivity contribution in [1.29, 1.82) is 0 Å². The Kier molecular flexibility index (Phi) is 5.97. The summed E-state index contributed by atoms with van der Waals surface area (Å²) in [7, 11) is 1.03. The first-order valence-electron chi connectivity index (χ1n) is 7.35. The van der Waals surface area contributed by atoms with E-state index >= 15 is 0 Å². The van der Waals surface area contributed by atoms with Gasteiger partial charge in [0, 0.05) is 11.9 Å². The van der Waals surface area contributed by atoms with Crippen molar-refractivity contribution in [3.63, 3.8) is 0 Å². The molecule has 1 aromatic heterocycles. The molecule has 0 fully saturated rings. The predicted molar refractivity (Wildman–Crippen MR) is 87.3 cm³/mol. The highest BCUT2D eigenvalue weighted by molar-refractivity contribution is 6.30. The van der Waals surface area contributed by atoms with Gasteiger partial charge in [-0.2, -0.15) is 26.3 Å². The molecule has 12 heteroatoms. The third-order valence-corrected chi connectivity index (χ3v) is 3.74. The van der Waals surface area contributed by atoms with Crippen LogP contribution >= 0.6 is 11.6 Å². The van der Waals surface area contributed by atoms with Gasteiger partial charge >= 0.3 is 12.4 Å². The molecule has 2 rings (SSSR count). The van der Waals surface area contributed by atoms with E-state index in [-0.39, 0.29) is 5.69 Å². The van der Waals surface area contributed by atoms with Crippen LogP contribution in [-0.4, -0.2) is 17.6 Å². The molecule has 0 spiro atoms. The van der Waals surface area contributed by atoms with Crippen LogP contribution < -0.4 is 15.6 Å². The van der Waals surface area contributed by atoms with E-state index in [1.54, 1.807) is 0 Å². The molecule has 1 amide bonds. The molecule has 0 bridgehead atoms. The third-order valence-electron chi connectivity index (χ3n) is 3.47. The Morgan fingerprint density at radius 3 is 2.32 bits per heavy atom. The van der Waals surface area contributed by atoms with Gasteiger partial charge in [-0.05, 0) is 24.3 Å². The van der Waals surface area contributed by atoms with Gasteiger partial charge < -0.3 is 14.6 Å². The Morgan fingerprint density at radius 2 is 1.79 bits per heavy atom. The monoisotopic (exact) mass is 428 g/mol. The molecule has 5 nitrogen and oxygen atoms in total. The zero-order valence-corrected chi connectivity index (χ0v) is 14.7. The number of rotatable bonds is 4. The summed E-state index contributed by atoms with van der Waals surface area (Å²) < 4.78 is 82.4. The fourth-order valence-electron chi connectivity index (χ4n) is 2.23. The van der Waals surface area contributed by atoms with E-state index in [4.69, 9.17) is 11.6 Å². The Labute approximate surface area is 158 Å². The standard InChI is InChI=1S/C16H11ClF6N2O3/c1-28-12-3-2-9(5-10(12)16(21,22)23)24-13(26)7-25-6-8(15(18,19)20)4-11(17)14(25)27/h2-6H,7H2,1H3,(H,24,26). The van der Waals surface area contributed by atoms with E-state index in [1.807, 2.05) is 0 Å². The maximum atomic E-state index is 13.0. The smallest absolute Gasteiger partial charge is 0.420 e. The Balaban J connectivity index is 2.28. The number of aromatic nitrogens is 1. The lowest BCUT2D eigenvalue weighted by Gasteiger charge is -2.15. The number of anilines is 1. The SMILES string of the molecule is COc1ccc(NC(=O)Cn2cc(C(F)(F)F)cc(Cl)c2=O)cc1C(F)(F)F. The number of carbonyl (C=O) groups is 1. The zero-order chi connectivity index (χ0) is 21.3. The molecule has 1 N–H and O–H groups in total. The van der Waals surface area contributed by atoms with E-state index in [9.17, 15) is 35.9 Å². The van der Waals surface area contributed by atoms with Crippen molar-refractivity contribution < 1.29 is 35.9 Å². The Bertz CT molecular complexity index is 953. The van der Waals surface area contributed by atoms with Crippen LogP contribution in [0.25, 0.3) is 0 Å². The maximum Gasteiger partial charge on any atom is 0.420 e. The lowest BCUT2D eigenvalue weighted by Crippen LogP contribution is -2.29. The number of carbonyl (C=O) groups excluding carboxylic acids is 1. The maximum absolute atomic E-state index is 13.0. The van der Waals surface area contributed by atoms with Gasteiger partial charge in [0.25, 0.3) is 5.56 Å². The quantitative estimate of drug-likeness (QED) is 0.743. The first kappa shape index (κ1) is 21.6. The molecule has 0 radical (unpaired) electrons. The third kappa shape index (κ3) is 4.97. The number of nitrogens with one attached hydrogen (secondary N) is 1. The number of amides is 1. The molecule has 0 unspecified atom stereocenters. The summed E-state index contributed by atoms with van der Waals surface area (Å²) in [6.45, 7) is -0.893. The average molecular weight is 429 g/mol. The molecule has 0 atom stereocenters. The molecular weight excluding hydrogens is 418 g/mol. The summed E-state index contributed by atoms with van der Waals surface area (Å²) >= 11 is 5.47. The molecule has 0 aliphatic heterocycles. The largest absolute Gasteiger partial charge is 0.496 e.